The van der Waals surface area contributed by atoms with Gasteiger partial charge >= 0.3 is 5.97 Å². The molecule has 1 aromatic heterocycles. The molecule has 2 heterocycles. The molecular weight excluding hydrogens is 386 g/mol. The van der Waals surface area contributed by atoms with Gasteiger partial charge in [-0.3, -0.25) is 9.69 Å². The molecule has 1 saturated heterocycles. The van der Waals surface area contributed by atoms with Crippen molar-refractivity contribution in [3.63, 3.8) is 0 Å². The average Bonchev–Trinajstić information content (AvgIpc) is 3.09. The van der Waals surface area contributed by atoms with Crippen molar-refractivity contribution in [3.8, 4) is 11.5 Å². The molecule has 0 spiro atoms. The van der Waals surface area contributed by atoms with Crippen LogP contribution in [0.15, 0.2) is 30.3 Å². The minimum atomic E-state index is -0.701. The lowest BCUT2D eigenvalue weighted by molar-refractivity contribution is -0.143. The van der Waals surface area contributed by atoms with Crippen molar-refractivity contribution in [2.75, 3.05) is 26.8 Å². The fourth-order valence-corrected chi connectivity index (χ4v) is 4.79. The fraction of sp³-hybridized carbons (Fsp3) is 0.450. The minimum Gasteiger partial charge on any atom is -0.493 e. The Balaban J connectivity index is 1.94. The third kappa shape index (κ3) is 4.57. The molecule has 0 saturated carbocycles. The van der Waals surface area contributed by atoms with Crippen LogP contribution < -0.4 is 9.47 Å². The highest BCUT2D eigenvalue weighted by molar-refractivity contribution is 7.16. The monoisotopic (exact) mass is 409 g/mol. The Labute approximate surface area is 168 Å². The summed E-state index contributed by atoms with van der Waals surface area (Å²) in [6.07, 6.45) is 1.30. The first-order valence-corrected chi connectivity index (χ1v) is 10.3. The number of carbonyl (C=O) groups is 1. The van der Waals surface area contributed by atoms with E-state index in [0.717, 1.165) is 27.9 Å². The molecule has 1 aromatic carbocycles. The highest BCUT2D eigenvalue weighted by Gasteiger charge is 2.31. The SMILES string of the molecule is CCOc1cc(C(c2ccc(Cl)s2)N2CCC(C(=O)O)CC2)ccc1OC. The number of hydrogen-bond donors (Lipinski definition) is 1. The van der Waals surface area contributed by atoms with Gasteiger partial charge in [-0.25, -0.2) is 0 Å². The van der Waals surface area contributed by atoms with E-state index in [9.17, 15) is 9.90 Å². The lowest BCUT2D eigenvalue weighted by Crippen LogP contribution is -2.39. The number of thiophene rings is 1. The van der Waals surface area contributed by atoms with Crippen LogP contribution in [0.25, 0.3) is 0 Å². The number of halogens is 1. The van der Waals surface area contributed by atoms with Crippen LogP contribution in [0.4, 0.5) is 0 Å². The Morgan fingerprint density at radius 1 is 1.30 bits per heavy atom. The largest absolute Gasteiger partial charge is 0.493 e. The van der Waals surface area contributed by atoms with E-state index >= 15 is 0 Å². The zero-order chi connectivity index (χ0) is 19.4. The van der Waals surface area contributed by atoms with E-state index in [0.29, 0.717) is 30.9 Å². The van der Waals surface area contributed by atoms with Gasteiger partial charge in [-0.2, -0.15) is 0 Å². The third-order valence-corrected chi connectivity index (χ3v) is 6.19. The predicted octanol–water partition coefficient (Wildman–Crippen LogP) is 4.69. The normalized spacial score (nSPS) is 16.9. The molecule has 0 bridgehead atoms. The van der Waals surface area contributed by atoms with Crippen LogP contribution >= 0.6 is 22.9 Å². The number of piperidine rings is 1. The first-order valence-electron chi connectivity index (χ1n) is 9.06. The maximum Gasteiger partial charge on any atom is 0.306 e. The molecule has 146 valence electrons. The summed E-state index contributed by atoms with van der Waals surface area (Å²) < 4.78 is 11.9. The summed E-state index contributed by atoms with van der Waals surface area (Å²) in [7, 11) is 1.63. The highest BCUT2D eigenvalue weighted by Crippen LogP contribution is 2.40. The summed E-state index contributed by atoms with van der Waals surface area (Å²) in [4.78, 5) is 14.8. The zero-order valence-electron chi connectivity index (χ0n) is 15.5. The third-order valence-electron chi connectivity index (χ3n) is 4.91. The number of benzene rings is 1. The van der Waals surface area contributed by atoms with E-state index < -0.39 is 5.97 Å². The van der Waals surface area contributed by atoms with Crippen molar-refractivity contribution in [1.82, 2.24) is 4.90 Å². The van der Waals surface area contributed by atoms with E-state index in [1.54, 1.807) is 18.4 Å². The first-order chi connectivity index (χ1) is 13.0. The van der Waals surface area contributed by atoms with Crippen LogP contribution in [0, 0.1) is 5.92 Å². The molecule has 27 heavy (non-hydrogen) atoms. The van der Waals surface area contributed by atoms with Crippen LogP contribution in [0.3, 0.4) is 0 Å². The second-order valence-electron chi connectivity index (χ2n) is 6.54. The number of carboxylic acids is 1. The topological polar surface area (TPSA) is 59.0 Å². The summed E-state index contributed by atoms with van der Waals surface area (Å²) in [6.45, 7) is 3.96. The summed E-state index contributed by atoms with van der Waals surface area (Å²) in [5.74, 6) is 0.454. The number of nitrogens with zero attached hydrogens (tertiary/aromatic N) is 1. The molecule has 2 aromatic rings. The van der Waals surface area contributed by atoms with Crippen LogP contribution in [-0.4, -0.2) is 42.8 Å². The number of hydrogen-bond acceptors (Lipinski definition) is 5. The van der Waals surface area contributed by atoms with Gasteiger partial charge in [0.15, 0.2) is 11.5 Å². The van der Waals surface area contributed by atoms with Crippen LogP contribution in [0.1, 0.15) is 36.2 Å². The summed E-state index contributed by atoms with van der Waals surface area (Å²) in [5, 5.41) is 9.29. The molecule has 7 heteroatoms. The number of likely N-dealkylation sites (tertiary alicyclic amines) is 1. The van der Waals surface area contributed by atoms with Gasteiger partial charge in [0, 0.05) is 4.88 Å². The van der Waals surface area contributed by atoms with Crippen molar-refractivity contribution in [3.05, 3.63) is 45.1 Å². The molecule has 1 aliphatic rings. The van der Waals surface area contributed by atoms with Gasteiger partial charge in [-0.15, -0.1) is 11.3 Å². The van der Waals surface area contributed by atoms with Crippen LogP contribution in [0.2, 0.25) is 4.34 Å². The Hall–Kier alpha value is -1.76. The minimum absolute atomic E-state index is 0.0161. The Morgan fingerprint density at radius 2 is 2.04 bits per heavy atom. The van der Waals surface area contributed by atoms with Gasteiger partial charge in [-0.1, -0.05) is 17.7 Å². The molecule has 1 aliphatic heterocycles. The Morgan fingerprint density at radius 3 is 2.59 bits per heavy atom. The summed E-state index contributed by atoms with van der Waals surface area (Å²) in [6, 6.07) is 9.96. The van der Waals surface area contributed by atoms with E-state index in [4.69, 9.17) is 21.1 Å². The van der Waals surface area contributed by atoms with Gasteiger partial charge in [0.1, 0.15) is 0 Å². The molecule has 1 fully saturated rings. The number of methoxy groups -OCH3 is 1. The smallest absolute Gasteiger partial charge is 0.306 e. The van der Waals surface area contributed by atoms with Crippen molar-refractivity contribution >= 4 is 28.9 Å². The van der Waals surface area contributed by atoms with Crippen LogP contribution in [0.5, 0.6) is 11.5 Å². The quantitative estimate of drug-likeness (QED) is 0.718. The standard InChI is InChI=1S/C20H24ClNO4S/c1-3-26-16-12-14(4-5-15(16)25-2)19(17-6-7-18(21)27-17)22-10-8-13(9-11-22)20(23)24/h4-7,12-13,19H,3,8-11H2,1-2H3,(H,23,24). The molecule has 1 unspecified atom stereocenters. The number of ether oxygens (including phenoxy) is 2. The zero-order valence-corrected chi connectivity index (χ0v) is 17.1. The van der Waals surface area contributed by atoms with Crippen molar-refractivity contribution in [1.29, 1.82) is 0 Å². The Kier molecular flexibility index (Phi) is 6.63. The van der Waals surface area contributed by atoms with Gasteiger partial charge in [0.2, 0.25) is 0 Å². The van der Waals surface area contributed by atoms with Gasteiger partial charge in [-0.05, 0) is 62.7 Å². The van der Waals surface area contributed by atoms with Crippen molar-refractivity contribution < 1.29 is 19.4 Å². The highest BCUT2D eigenvalue weighted by atomic mass is 35.5. The maximum absolute atomic E-state index is 11.3. The average molecular weight is 410 g/mol. The van der Waals surface area contributed by atoms with Gasteiger partial charge in [0.05, 0.1) is 30.0 Å². The molecule has 0 amide bonds. The van der Waals surface area contributed by atoms with Crippen molar-refractivity contribution in [2.24, 2.45) is 5.92 Å². The lowest BCUT2D eigenvalue weighted by Gasteiger charge is -2.36. The summed E-state index contributed by atoms with van der Waals surface area (Å²) >= 11 is 7.76. The molecule has 3 rings (SSSR count). The molecule has 1 atom stereocenters. The van der Waals surface area contributed by atoms with Gasteiger partial charge < -0.3 is 14.6 Å². The molecule has 1 N–H and O–H groups in total. The van der Waals surface area contributed by atoms with Crippen molar-refractivity contribution in [2.45, 2.75) is 25.8 Å². The lowest BCUT2D eigenvalue weighted by atomic mass is 9.93. The molecule has 0 aliphatic carbocycles. The van der Waals surface area contributed by atoms with Gasteiger partial charge in [0.25, 0.3) is 0 Å². The maximum atomic E-state index is 11.3. The van der Waals surface area contributed by atoms with E-state index in [1.807, 2.05) is 37.3 Å². The second-order valence-corrected chi connectivity index (χ2v) is 8.28. The molecule has 0 radical (unpaired) electrons. The molecular formula is C20H24ClNO4S. The summed E-state index contributed by atoms with van der Waals surface area (Å²) in [5.41, 5.74) is 1.09. The number of aliphatic carboxylic acids is 1. The van der Waals surface area contributed by atoms with E-state index in [-0.39, 0.29) is 12.0 Å². The number of rotatable bonds is 7. The predicted molar refractivity (Wildman–Crippen MR) is 107 cm³/mol. The number of carboxylic acid groups (broad SMARTS) is 1. The second kappa shape index (κ2) is 8.95. The Bertz CT molecular complexity index is 786. The fourth-order valence-electron chi connectivity index (χ4n) is 3.57. The van der Waals surface area contributed by atoms with E-state index in [2.05, 4.69) is 4.90 Å². The van der Waals surface area contributed by atoms with Crippen LogP contribution in [-0.2, 0) is 4.79 Å². The first kappa shape index (κ1) is 20.0. The molecule has 5 nitrogen and oxygen atoms in total. The van der Waals surface area contributed by atoms with E-state index in [1.165, 1.54) is 0 Å².